The molecule has 1 atom stereocenters. The van der Waals surface area contributed by atoms with Crippen LogP contribution in [-0.2, 0) is 28.6 Å². The number of hydrogen-bond acceptors (Lipinski definition) is 10. The Bertz CT molecular complexity index is 343. The fourth-order valence-electron chi connectivity index (χ4n) is 1.15. The van der Waals surface area contributed by atoms with Crippen LogP contribution in [0.5, 0.6) is 0 Å². The Morgan fingerprint density at radius 1 is 1.00 bits per heavy atom. The molecule has 0 saturated carbocycles. The molecule has 0 saturated heterocycles. The molecule has 0 radical (unpaired) electrons. The van der Waals surface area contributed by atoms with Crippen LogP contribution in [0.25, 0.3) is 0 Å². The summed E-state index contributed by atoms with van der Waals surface area (Å²) >= 11 is 11.1. The van der Waals surface area contributed by atoms with Crippen LogP contribution < -0.4 is 0 Å². The predicted molar refractivity (Wildman–Crippen MR) is 79.1 cm³/mol. The van der Waals surface area contributed by atoms with Crippen LogP contribution in [0, 0.1) is 0 Å². The molecule has 0 heterocycles. The van der Waals surface area contributed by atoms with Crippen molar-refractivity contribution in [2.45, 2.75) is 18.8 Å². The summed E-state index contributed by atoms with van der Waals surface area (Å²) in [5.74, 6) is -5.44. The van der Waals surface area contributed by atoms with E-state index in [9.17, 15) is 19.5 Å². The lowest BCUT2D eigenvalue weighted by atomic mass is 10.1. The van der Waals surface area contributed by atoms with Crippen LogP contribution in [0.4, 0.5) is 0 Å². The van der Waals surface area contributed by atoms with Crippen molar-refractivity contribution in [3.63, 3.8) is 0 Å². The topological polar surface area (TPSA) is 99.1 Å². The largest absolute Gasteiger partial charge is 0.454 e. The lowest BCUT2D eigenvalue weighted by molar-refractivity contribution is -0.271. The number of aliphatic hydroxyl groups is 1. The highest BCUT2D eigenvalue weighted by atomic mass is 32.1. The third-order valence-corrected chi connectivity index (χ3v) is 2.88. The normalized spacial score (nSPS) is 12.4. The second kappa shape index (κ2) is 9.37. The van der Waals surface area contributed by atoms with Gasteiger partial charge in [0, 0.05) is 0 Å². The van der Waals surface area contributed by atoms with E-state index in [1.807, 2.05) is 0 Å². The van der Waals surface area contributed by atoms with Gasteiger partial charge in [0.2, 0.25) is 0 Å². The summed E-state index contributed by atoms with van der Waals surface area (Å²) < 4.78 is 14.6. The second-order valence-corrected chi connectivity index (χ2v) is 4.47. The second-order valence-electron chi connectivity index (χ2n) is 3.52. The first-order chi connectivity index (χ1) is 9.34. The molecule has 0 fully saturated rings. The van der Waals surface area contributed by atoms with Gasteiger partial charge in [-0.15, -0.1) is 0 Å². The molecule has 0 aromatic heterocycles. The first kappa shape index (κ1) is 19.4. The minimum absolute atomic E-state index is 0.229. The van der Waals surface area contributed by atoms with Gasteiger partial charge in [0.05, 0.1) is 17.3 Å². The van der Waals surface area contributed by atoms with Crippen molar-refractivity contribution in [1.82, 2.24) is 0 Å². The van der Waals surface area contributed by atoms with Gasteiger partial charge in [0.25, 0.3) is 0 Å². The van der Waals surface area contributed by atoms with Crippen LogP contribution in [0.3, 0.4) is 0 Å². The minimum atomic E-state index is -2.14. The maximum absolute atomic E-state index is 11.3. The molecular weight excluding hydrogens is 328 g/mol. The van der Waals surface area contributed by atoms with Crippen molar-refractivity contribution in [1.29, 1.82) is 0 Å². The molecule has 0 aliphatic heterocycles. The molecule has 20 heavy (non-hydrogen) atoms. The number of ether oxygens (including phenoxy) is 3. The molecule has 1 unspecified atom stereocenters. The van der Waals surface area contributed by atoms with Crippen molar-refractivity contribution in [3.8, 4) is 0 Å². The van der Waals surface area contributed by atoms with Gasteiger partial charge in [-0.3, -0.25) is 14.4 Å². The van der Waals surface area contributed by atoms with Crippen molar-refractivity contribution in [2.24, 2.45) is 0 Å². The number of thiol groups is 3. The summed E-state index contributed by atoms with van der Waals surface area (Å²) in [6, 6.07) is 0. The third-order valence-electron chi connectivity index (χ3n) is 2.11. The number of carbonyl (C=O) groups is 3. The maximum atomic E-state index is 11.3. The van der Waals surface area contributed by atoms with E-state index in [-0.39, 0.29) is 17.3 Å². The van der Waals surface area contributed by atoms with Crippen molar-refractivity contribution in [3.05, 3.63) is 0 Å². The highest BCUT2D eigenvalue weighted by Crippen LogP contribution is 2.22. The Morgan fingerprint density at radius 3 is 1.70 bits per heavy atom. The molecule has 0 amide bonds. The van der Waals surface area contributed by atoms with E-state index in [1.165, 1.54) is 6.92 Å². The summed E-state index contributed by atoms with van der Waals surface area (Å²) in [5, 5.41) is 9.41. The molecule has 0 spiro atoms. The van der Waals surface area contributed by atoms with Crippen molar-refractivity contribution < 1.29 is 33.7 Å². The summed E-state index contributed by atoms with van der Waals surface area (Å²) in [6.07, 6.45) is -1.24. The van der Waals surface area contributed by atoms with Crippen molar-refractivity contribution in [2.75, 3.05) is 23.9 Å². The van der Waals surface area contributed by atoms with Gasteiger partial charge in [-0.05, 0) is 6.92 Å². The van der Waals surface area contributed by atoms with E-state index < -0.39 is 36.4 Å². The summed E-state index contributed by atoms with van der Waals surface area (Å²) in [6.45, 7) is 0.405. The van der Waals surface area contributed by atoms with E-state index in [1.54, 1.807) is 0 Å². The highest BCUT2D eigenvalue weighted by molar-refractivity contribution is 7.81. The molecule has 0 bridgehead atoms. The molecule has 0 rings (SSSR count). The van der Waals surface area contributed by atoms with Gasteiger partial charge in [-0.2, -0.15) is 37.9 Å². The first-order valence-electron chi connectivity index (χ1n) is 5.41. The number of aliphatic hydroxyl groups excluding tert-OH is 1. The van der Waals surface area contributed by atoms with Gasteiger partial charge < -0.3 is 19.3 Å². The molecule has 0 aliphatic carbocycles. The number of rotatable bonds is 8. The van der Waals surface area contributed by atoms with Gasteiger partial charge in [-0.25, -0.2) is 0 Å². The van der Waals surface area contributed by atoms with E-state index in [2.05, 4.69) is 37.9 Å². The maximum Gasteiger partial charge on any atom is 0.319 e. The smallest absolute Gasteiger partial charge is 0.319 e. The Balaban J connectivity index is 5.21. The third kappa shape index (κ3) is 5.81. The molecule has 10 heteroatoms. The fraction of sp³-hybridized carbons (Fsp3) is 0.700. The lowest BCUT2D eigenvalue weighted by Gasteiger charge is -2.34. The molecule has 1 N–H and O–H groups in total. The van der Waals surface area contributed by atoms with Gasteiger partial charge >= 0.3 is 23.7 Å². The standard InChI is InChI=1S/C10H16O7S3/c1-6(15-7(12)2-18)10(5-11,16-8(13)3-19)17-9(14)4-20/h6,11,18-20H,2-5H2,1H3. The van der Waals surface area contributed by atoms with Crippen LogP contribution in [0.1, 0.15) is 6.92 Å². The average Bonchev–Trinajstić information content (AvgIpc) is 2.45. The Hall–Kier alpha value is -0.580. The van der Waals surface area contributed by atoms with E-state index in [0.29, 0.717) is 0 Å². The molecule has 0 aromatic carbocycles. The van der Waals surface area contributed by atoms with E-state index in [4.69, 9.17) is 14.2 Å². The quantitative estimate of drug-likeness (QED) is 0.267. The van der Waals surface area contributed by atoms with Gasteiger partial charge in [0.15, 0.2) is 6.10 Å². The van der Waals surface area contributed by atoms with Crippen LogP contribution in [-0.4, -0.2) is 58.8 Å². The summed E-state index contributed by atoms with van der Waals surface area (Å²) in [4.78, 5) is 33.9. The summed E-state index contributed by atoms with van der Waals surface area (Å²) in [5.41, 5.74) is 0. The Labute approximate surface area is 132 Å². The zero-order valence-corrected chi connectivity index (χ0v) is 13.3. The average molecular weight is 344 g/mol. The van der Waals surface area contributed by atoms with Crippen molar-refractivity contribution >= 4 is 55.8 Å². The minimum Gasteiger partial charge on any atom is -0.454 e. The number of carbonyl (C=O) groups excluding carboxylic acids is 3. The first-order valence-corrected chi connectivity index (χ1v) is 7.31. The van der Waals surface area contributed by atoms with Crippen LogP contribution in [0.15, 0.2) is 0 Å². The SMILES string of the molecule is CC(OC(=O)CS)C(CO)(OC(=O)CS)OC(=O)CS. The van der Waals surface area contributed by atoms with Gasteiger partial charge in [-0.1, -0.05) is 0 Å². The zero-order valence-electron chi connectivity index (χ0n) is 10.6. The fourth-order valence-corrected chi connectivity index (χ4v) is 1.36. The Kier molecular flexibility index (Phi) is 9.10. The predicted octanol–water partition coefficient (Wildman–Crippen LogP) is -0.518. The lowest BCUT2D eigenvalue weighted by Crippen LogP contribution is -2.54. The van der Waals surface area contributed by atoms with Gasteiger partial charge in [0.1, 0.15) is 6.61 Å². The Morgan fingerprint density at radius 2 is 1.40 bits per heavy atom. The van der Waals surface area contributed by atoms with Crippen LogP contribution >= 0.6 is 37.9 Å². The number of hydrogen-bond donors (Lipinski definition) is 4. The monoisotopic (exact) mass is 344 g/mol. The van der Waals surface area contributed by atoms with Crippen LogP contribution in [0.2, 0.25) is 0 Å². The highest BCUT2D eigenvalue weighted by Gasteiger charge is 2.46. The van der Waals surface area contributed by atoms with E-state index >= 15 is 0 Å². The molecule has 0 aromatic rings. The van der Waals surface area contributed by atoms with E-state index in [0.717, 1.165) is 0 Å². The summed E-state index contributed by atoms with van der Waals surface area (Å²) in [7, 11) is 0. The molecule has 7 nitrogen and oxygen atoms in total. The molecule has 0 aliphatic rings. The molecule has 116 valence electrons. The zero-order chi connectivity index (χ0) is 15.8. The number of esters is 3. The molecular formula is C10H16O7S3.